The van der Waals surface area contributed by atoms with Crippen LogP contribution in [0, 0.1) is 0 Å². The third-order valence-electron chi connectivity index (χ3n) is 3.61. The summed E-state index contributed by atoms with van der Waals surface area (Å²) in [5.74, 6) is -0.158. The van der Waals surface area contributed by atoms with Crippen LogP contribution >= 0.6 is 0 Å². The van der Waals surface area contributed by atoms with Gasteiger partial charge in [0, 0.05) is 12.3 Å². The molecule has 0 unspecified atom stereocenters. The molecule has 0 bridgehead atoms. The maximum absolute atomic E-state index is 12.3. The number of phenolic OH excluding ortho intramolecular Hbond substituents is 1. The lowest BCUT2D eigenvalue weighted by molar-refractivity contribution is 0.0937. The van der Waals surface area contributed by atoms with E-state index in [2.05, 4.69) is 5.32 Å². The van der Waals surface area contributed by atoms with Crippen molar-refractivity contribution in [3.8, 4) is 11.5 Å². The minimum absolute atomic E-state index is 0.135. The molecule has 2 rings (SSSR count). The summed E-state index contributed by atoms with van der Waals surface area (Å²) in [4.78, 5) is 12.5. The highest BCUT2D eigenvalue weighted by molar-refractivity contribution is 7.90. The fourth-order valence-electron chi connectivity index (χ4n) is 2.19. The largest absolute Gasteiger partial charge is 0.507 e. The molecular weight excluding hydrogens is 330 g/mol. The van der Waals surface area contributed by atoms with Crippen molar-refractivity contribution in [2.24, 2.45) is 0 Å². The number of hydrogen-bond acceptors (Lipinski definition) is 5. The van der Waals surface area contributed by atoms with Crippen molar-refractivity contribution in [1.82, 2.24) is 5.32 Å². The van der Waals surface area contributed by atoms with Crippen LogP contribution < -0.4 is 10.1 Å². The standard InChI is InChI=1S/C17H19NO5S/c1-11(12-4-7-14(8-5-12)24(3,21)22)18-17(20)15-9-6-13(23-2)10-16(15)19/h4-11,19H,1-3H3,(H,18,20)/t11-/m0/s1. The van der Waals surface area contributed by atoms with Crippen molar-refractivity contribution >= 4 is 15.7 Å². The molecule has 7 heteroatoms. The lowest BCUT2D eigenvalue weighted by atomic mass is 10.1. The van der Waals surface area contributed by atoms with Gasteiger partial charge in [-0.15, -0.1) is 0 Å². The molecule has 6 nitrogen and oxygen atoms in total. The lowest BCUT2D eigenvalue weighted by Gasteiger charge is -2.15. The van der Waals surface area contributed by atoms with Gasteiger partial charge >= 0.3 is 0 Å². The van der Waals surface area contributed by atoms with Gasteiger partial charge in [0.2, 0.25) is 0 Å². The Morgan fingerprint density at radius 3 is 2.29 bits per heavy atom. The van der Waals surface area contributed by atoms with E-state index >= 15 is 0 Å². The van der Waals surface area contributed by atoms with Gasteiger partial charge in [0.15, 0.2) is 9.84 Å². The predicted octanol–water partition coefficient (Wildman–Crippen LogP) is 2.30. The molecule has 0 aromatic heterocycles. The minimum atomic E-state index is -3.26. The fourth-order valence-corrected chi connectivity index (χ4v) is 2.82. The van der Waals surface area contributed by atoms with Crippen LogP contribution in [-0.4, -0.2) is 32.8 Å². The average molecular weight is 349 g/mol. The summed E-state index contributed by atoms with van der Waals surface area (Å²) in [5.41, 5.74) is 0.888. The van der Waals surface area contributed by atoms with Crippen molar-refractivity contribution in [1.29, 1.82) is 0 Å². The van der Waals surface area contributed by atoms with E-state index in [9.17, 15) is 18.3 Å². The van der Waals surface area contributed by atoms with E-state index in [-0.39, 0.29) is 22.3 Å². The second-order valence-electron chi connectivity index (χ2n) is 5.42. The smallest absolute Gasteiger partial charge is 0.255 e. The molecule has 24 heavy (non-hydrogen) atoms. The van der Waals surface area contributed by atoms with E-state index in [0.29, 0.717) is 5.75 Å². The number of carbonyl (C=O) groups is 1. The molecule has 0 aliphatic carbocycles. The Bertz CT molecular complexity index is 844. The zero-order chi connectivity index (χ0) is 17.9. The highest BCUT2D eigenvalue weighted by Crippen LogP contribution is 2.24. The van der Waals surface area contributed by atoms with E-state index in [0.717, 1.165) is 11.8 Å². The number of rotatable bonds is 5. The summed E-state index contributed by atoms with van der Waals surface area (Å²) in [5, 5.41) is 12.7. The van der Waals surface area contributed by atoms with Crippen molar-refractivity contribution in [3.63, 3.8) is 0 Å². The highest BCUT2D eigenvalue weighted by atomic mass is 32.2. The summed E-state index contributed by atoms with van der Waals surface area (Å²) < 4.78 is 27.9. The molecule has 0 radical (unpaired) electrons. The Labute approximate surface area is 141 Å². The average Bonchev–Trinajstić information content (AvgIpc) is 2.53. The Kier molecular flexibility index (Phi) is 5.14. The van der Waals surface area contributed by atoms with Gasteiger partial charge in [-0.05, 0) is 36.8 Å². The number of nitrogens with one attached hydrogen (secondary N) is 1. The van der Waals surface area contributed by atoms with Crippen LogP contribution in [0.15, 0.2) is 47.4 Å². The molecular formula is C17H19NO5S. The van der Waals surface area contributed by atoms with Gasteiger partial charge in [-0.1, -0.05) is 12.1 Å². The van der Waals surface area contributed by atoms with Crippen LogP contribution in [0.25, 0.3) is 0 Å². The Morgan fingerprint density at radius 2 is 1.79 bits per heavy atom. The van der Waals surface area contributed by atoms with Gasteiger partial charge in [-0.2, -0.15) is 0 Å². The lowest BCUT2D eigenvalue weighted by Crippen LogP contribution is -2.26. The van der Waals surface area contributed by atoms with Crippen LogP contribution in [0.5, 0.6) is 11.5 Å². The number of benzene rings is 2. The van der Waals surface area contributed by atoms with E-state index < -0.39 is 15.7 Å². The fraction of sp³-hybridized carbons (Fsp3) is 0.235. The zero-order valence-electron chi connectivity index (χ0n) is 13.6. The number of ether oxygens (including phenoxy) is 1. The summed E-state index contributed by atoms with van der Waals surface area (Å²) in [6.07, 6.45) is 1.14. The van der Waals surface area contributed by atoms with Gasteiger partial charge in [0.25, 0.3) is 5.91 Å². The number of methoxy groups -OCH3 is 1. The minimum Gasteiger partial charge on any atom is -0.507 e. The first-order valence-electron chi connectivity index (χ1n) is 7.20. The molecule has 0 saturated carbocycles. The van der Waals surface area contributed by atoms with Crippen LogP contribution in [0.4, 0.5) is 0 Å². The third-order valence-corrected chi connectivity index (χ3v) is 4.73. The highest BCUT2D eigenvalue weighted by Gasteiger charge is 2.16. The van der Waals surface area contributed by atoms with Crippen molar-refractivity contribution in [3.05, 3.63) is 53.6 Å². The number of aromatic hydroxyl groups is 1. The molecule has 2 N–H and O–H groups in total. The molecule has 0 saturated heterocycles. The number of amides is 1. The molecule has 0 heterocycles. The van der Waals surface area contributed by atoms with Crippen molar-refractivity contribution in [2.75, 3.05) is 13.4 Å². The monoisotopic (exact) mass is 349 g/mol. The predicted molar refractivity (Wildman–Crippen MR) is 90.1 cm³/mol. The third kappa shape index (κ3) is 4.05. The van der Waals surface area contributed by atoms with Crippen LogP contribution in [0.2, 0.25) is 0 Å². The first kappa shape index (κ1) is 17.8. The Morgan fingerprint density at radius 1 is 1.17 bits per heavy atom. The number of carbonyl (C=O) groups excluding carboxylic acids is 1. The Hall–Kier alpha value is -2.54. The first-order valence-corrected chi connectivity index (χ1v) is 9.09. The second-order valence-corrected chi connectivity index (χ2v) is 7.44. The number of sulfone groups is 1. The van der Waals surface area contributed by atoms with Gasteiger partial charge in [0.05, 0.1) is 23.6 Å². The van der Waals surface area contributed by atoms with Gasteiger partial charge < -0.3 is 15.2 Å². The quantitative estimate of drug-likeness (QED) is 0.864. The molecule has 1 atom stereocenters. The van der Waals surface area contributed by atoms with E-state index in [1.54, 1.807) is 25.1 Å². The van der Waals surface area contributed by atoms with E-state index in [4.69, 9.17) is 4.74 Å². The van der Waals surface area contributed by atoms with Crippen molar-refractivity contribution in [2.45, 2.75) is 17.9 Å². The second kappa shape index (κ2) is 6.92. The topological polar surface area (TPSA) is 92.7 Å². The summed E-state index contributed by atoms with van der Waals surface area (Å²) in [7, 11) is -1.79. The van der Waals surface area contributed by atoms with Gasteiger partial charge in [0.1, 0.15) is 11.5 Å². The maximum atomic E-state index is 12.3. The molecule has 0 aliphatic rings. The normalized spacial score (nSPS) is 12.5. The first-order chi connectivity index (χ1) is 11.2. The van der Waals surface area contributed by atoms with Gasteiger partial charge in [-0.25, -0.2) is 8.42 Å². The van der Waals surface area contributed by atoms with E-state index in [1.165, 1.54) is 31.4 Å². The summed E-state index contributed by atoms with van der Waals surface area (Å²) in [6.45, 7) is 1.77. The zero-order valence-corrected chi connectivity index (χ0v) is 14.4. The number of phenols is 1. The molecule has 2 aromatic rings. The molecule has 0 spiro atoms. The SMILES string of the molecule is COc1ccc(C(=O)N[C@@H](C)c2ccc(S(C)(=O)=O)cc2)c(O)c1. The molecule has 1 amide bonds. The number of hydrogen-bond donors (Lipinski definition) is 2. The van der Waals surface area contributed by atoms with E-state index in [1.807, 2.05) is 0 Å². The summed E-state index contributed by atoms with van der Waals surface area (Å²) in [6, 6.07) is 10.4. The van der Waals surface area contributed by atoms with Gasteiger partial charge in [-0.3, -0.25) is 4.79 Å². The molecule has 128 valence electrons. The van der Waals surface area contributed by atoms with Crippen LogP contribution in [0.1, 0.15) is 28.9 Å². The van der Waals surface area contributed by atoms with Crippen molar-refractivity contribution < 1.29 is 23.1 Å². The maximum Gasteiger partial charge on any atom is 0.255 e. The Balaban J connectivity index is 2.14. The van der Waals surface area contributed by atoms with Crippen LogP contribution in [0.3, 0.4) is 0 Å². The molecule has 0 aliphatic heterocycles. The summed E-state index contributed by atoms with van der Waals surface area (Å²) >= 11 is 0. The molecule has 2 aromatic carbocycles. The van der Waals surface area contributed by atoms with Crippen LogP contribution in [-0.2, 0) is 9.84 Å². The molecule has 0 fully saturated rings.